The molecule has 6 heteroatoms. The molecule has 1 spiro atoms. The fourth-order valence-corrected chi connectivity index (χ4v) is 6.04. The predicted molar refractivity (Wildman–Crippen MR) is 123 cm³/mol. The quantitative estimate of drug-likeness (QED) is 0.361. The van der Waals surface area contributed by atoms with Crippen molar-refractivity contribution in [3.8, 4) is 0 Å². The second kappa shape index (κ2) is 7.69. The van der Waals surface area contributed by atoms with Gasteiger partial charge >= 0.3 is 0 Å². The van der Waals surface area contributed by atoms with Crippen molar-refractivity contribution in [2.45, 2.75) is 36.1 Å². The lowest BCUT2D eigenvalue weighted by Gasteiger charge is -2.20. The Labute approximate surface area is 181 Å². The second-order valence-electron chi connectivity index (χ2n) is 8.35. The molecule has 4 N–H and O–H groups in total. The molecule has 1 saturated carbocycles. The Bertz CT molecular complexity index is 1020. The van der Waals surface area contributed by atoms with Crippen molar-refractivity contribution in [1.82, 2.24) is 10.7 Å². The van der Waals surface area contributed by atoms with E-state index in [1.165, 1.54) is 16.7 Å². The minimum absolute atomic E-state index is 0.0317. The molecule has 0 bridgehead atoms. The van der Waals surface area contributed by atoms with Gasteiger partial charge in [0.1, 0.15) is 6.17 Å². The predicted octanol–water partition coefficient (Wildman–Crippen LogP) is 2.92. The van der Waals surface area contributed by atoms with Crippen molar-refractivity contribution < 1.29 is 4.79 Å². The highest BCUT2D eigenvalue weighted by Crippen LogP contribution is 2.66. The Hall–Kier alpha value is -2.41. The van der Waals surface area contributed by atoms with E-state index in [4.69, 9.17) is 5.84 Å². The number of nitrogens with two attached hydrogens (primary N) is 1. The molecular weight excluding hydrogens is 392 g/mol. The van der Waals surface area contributed by atoms with Crippen LogP contribution in [0.1, 0.15) is 24.0 Å². The van der Waals surface area contributed by atoms with Crippen LogP contribution in [0.5, 0.6) is 0 Å². The van der Waals surface area contributed by atoms with Crippen LogP contribution in [0, 0.1) is 5.92 Å². The van der Waals surface area contributed by atoms with E-state index in [-0.39, 0.29) is 17.5 Å². The number of fused-ring (bicyclic) bond motifs is 1. The van der Waals surface area contributed by atoms with Crippen LogP contribution in [0.2, 0.25) is 0 Å². The van der Waals surface area contributed by atoms with Gasteiger partial charge in [-0.1, -0.05) is 54.1 Å². The van der Waals surface area contributed by atoms with Gasteiger partial charge in [-0.15, -0.1) is 0 Å². The summed E-state index contributed by atoms with van der Waals surface area (Å²) in [5.41, 5.74) is 8.90. The average Bonchev–Trinajstić information content (AvgIpc) is 3.42. The standard InChI is InChI=1S/C24H26N4OS/c1-26-22(28-25)14-30-20-8-6-15(7-9-20)23(29)27-19-11-17-10-16-4-2-3-5-21(16)24(17)13-18(24)12-19/h2-8,11-12,18,20,22,28H,1,9-10,13-14,25H2,(H,27,29). The van der Waals surface area contributed by atoms with E-state index in [1.807, 2.05) is 12.2 Å². The number of hydrazine groups is 1. The van der Waals surface area contributed by atoms with E-state index in [0.717, 1.165) is 36.3 Å². The van der Waals surface area contributed by atoms with Crippen LogP contribution >= 0.6 is 11.8 Å². The van der Waals surface area contributed by atoms with Crippen LogP contribution in [0.15, 0.2) is 76.5 Å². The summed E-state index contributed by atoms with van der Waals surface area (Å²) in [7, 11) is 0. The maximum absolute atomic E-state index is 12.8. The van der Waals surface area contributed by atoms with E-state index < -0.39 is 0 Å². The highest BCUT2D eigenvalue weighted by atomic mass is 32.2. The van der Waals surface area contributed by atoms with Gasteiger partial charge in [0.05, 0.1) is 0 Å². The fourth-order valence-electron chi connectivity index (χ4n) is 4.99. The van der Waals surface area contributed by atoms with Gasteiger partial charge in [0.15, 0.2) is 0 Å². The topological polar surface area (TPSA) is 79.5 Å². The molecule has 0 aromatic heterocycles. The van der Waals surface area contributed by atoms with E-state index in [0.29, 0.717) is 11.2 Å². The van der Waals surface area contributed by atoms with Gasteiger partial charge < -0.3 is 5.32 Å². The highest BCUT2D eigenvalue weighted by Gasteiger charge is 2.61. The van der Waals surface area contributed by atoms with Gasteiger partial charge in [0.2, 0.25) is 0 Å². The summed E-state index contributed by atoms with van der Waals surface area (Å²) >= 11 is 1.75. The summed E-state index contributed by atoms with van der Waals surface area (Å²) < 4.78 is 0. The molecule has 4 aliphatic carbocycles. The fraction of sp³-hybridized carbons (Fsp3) is 0.333. The lowest BCUT2D eigenvalue weighted by molar-refractivity contribution is -0.116. The van der Waals surface area contributed by atoms with Gasteiger partial charge in [-0.25, -0.2) is 5.43 Å². The zero-order chi connectivity index (χ0) is 20.7. The van der Waals surface area contributed by atoms with Gasteiger partial charge in [-0.05, 0) is 49.1 Å². The third-order valence-electron chi connectivity index (χ3n) is 6.64. The molecule has 4 atom stereocenters. The number of hydrogen-bond acceptors (Lipinski definition) is 5. The molecule has 5 rings (SSSR count). The molecule has 0 saturated heterocycles. The van der Waals surface area contributed by atoms with Crippen molar-refractivity contribution in [3.63, 3.8) is 0 Å². The molecule has 1 fully saturated rings. The molecule has 4 unspecified atom stereocenters. The van der Waals surface area contributed by atoms with E-state index in [9.17, 15) is 4.79 Å². The minimum Gasteiger partial charge on any atom is -0.322 e. The number of allylic oxidation sites excluding steroid dienone is 4. The number of carbonyl (C=O) groups excluding carboxylic acids is 1. The summed E-state index contributed by atoms with van der Waals surface area (Å²) in [6.07, 6.45) is 13.3. The first kappa shape index (κ1) is 19.5. The molecule has 5 nitrogen and oxygen atoms in total. The molecule has 154 valence electrons. The zero-order valence-electron chi connectivity index (χ0n) is 16.8. The van der Waals surface area contributed by atoms with E-state index in [2.05, 4.69) is 64.9 Å². The van der Waals surface area contributed by atoms with Crippen molar-refractivity contribution in [2.24, 2.45) is 16.8 Å². The average molecular weight is 419 g/mol. The maximum atomic E-state index is 12.8. The summed E-state index contributed by atoms with van der Waals surface area (Å²) in [5.74, 6) is 6.65. The SMILES string of the molecule is C=NC(CSC1C=CC(C(=O)NC2=CC3CC34C(=C2)Cc2ccccc24)=CC1)NN. The van der Waals surface area contributed by atoms with Crippen LogP contribution in [0.4, 0.5) is 0 Å². The number of hydrogen-bond donors (Lipinski definition) is 3. The summed E-state index contributed by atoms with van der Waals surface area (Å²) in [6, 6.07) is 8.77. The maximum Gasteiger partial charge on any atom is 0.255 e. The lowest BCUT2D eigenvalue weighted by Crippen LogP contribution is -2.35. The molecular formula is C24H26N4OS. The third kappa shape index (κ3) is 3.29. The minimum atomic E-state index is -0.153. The zero-order valence-corrected chi connectivity index (χ0v) is 17.6. The Morgan fingerprint density at radius 2 is 2.27 bits per heavy atom. The molecule has 1 aromatic rings. The largest absolute Gasteiger partial charge is 0.322 e. The molecule has 0 heterocycles. The van der Waals surface area contributed by atoms with Gasteiger partial charge in [-0.3, -0.25) is 15.6 Å². The van der Waals surface area contributed by atoms with E-state index >= 15 is 0 Å². The number of rotatable bonds is 7. The Balaban J connectivity index is 1.20. The number of carbonyl (C=O) groups is 1. The van der Waals surface area contributed by atoms with Gasteiger partial charge in [-0.2, -0.15) is 11.8 Å². The summed E-state index contributed by atoms with van der Waals surface area (Å²) in [6.45, 7) is 3.53. The summed E-state index contributed by atoms with van der Waals surface area (Å²) in [5, 5.41) is 3.45. The number of benzene rings is 1. The molecule has 0 radical (unpaired) electrons. The Morgan fingerprint density at radius 1 is 1.40 bits per heavy atom. The first-order valence-electron chi connectivity index (χ1n) is 10.4. The van der Waals surface area contributed by atoms with Crippen molar-refractivity contribution in [2.75, 3.05) is 5.75 Å². The number of aliphatic imine (C=N–C) groups is 1. The smallest absolute Gasteiger partial charge is 0.255 e. The molecule has 30 heavy (non-hydrogen) atoms. The third-order valence-corrected chi connectivity index (χ3v) is 7.92. The van der Waals surface area contributed by atoms with Crippen LogP contribution in [-0.2, 0) is 16.6 Å². The van der Waals surface area contributed by atoms with Crippen molar-refractivity contribution in [1.29, 1.82) is 0 Å². The number of nitrogens with one attached hydrogen (secondary N) is 2. The van der Waals surface area contributed by atoms with E-state index in [1.54, 1.807) is 11.8 Å². The van der Waals surface area contributed by atoms with Crippen molar-refractivity contribution >= 4 is 24.4 Å². The molecule has 1 aromatic carbocycles. The Morgan fingerprint density at radius 3 is 3.03 bits per heavy atom. The van der Waals surface area contributed by atoms with Crippen LogP contribution in [0.3, 0.4) is 0 Å². The Kier molecular flexibility index (Phi) is 5.01. The van der Waals surface area contributed by atoms with Crippen molar-refractivity contribution in [3.05, 3.63) is 82.6 Å². The first-order valence-corrected chi connectivity index (χ1v) is 11.4. The van der Waals surface area contributed by atoms with Crippen LogP contribution in [-0.4, -0.2) is 29.8 Å². The van der Waals surface area contributed by atoms with Gasteiger partial charge in [0, 0.05) is 27.7 Å². The first-order chi connectivity index (χ1) is 14.6. The normalized spacial score (nSPS) is 28.9. The second-order valence-corrected chi connectivity index (χ2v) is 9.62. The molecule has 0 aliphatic heterocycles. The van der Waals surface area contributed by atoms with Crippen LogP contribution < -0.4 is 16.6 Å². The lowest BCUT2D eigenvalue weighted by atomic mass is 9.88. The monoisotopic (exact) mass is 418 g/mol. The molecule has 4 aliphatic rings. The number of amides is 1. The molecule has 1 amide bonds. The number of nitrogens with zero attached hydrogens (tertiary/aromatic N) is 1. The summed E-state index contributed by atoms with van der Waals surface area (Å²) in [4.78, 5) is 16.7. The van der Waals surface area contributed by atoms with Crippen LogP contribution in [0.25, 0.3) is 0 Å². The van der Waals surface area contributed by atoms with Gasteiger partial charge in [0.25, 0.3) is 5.91 Å². The number of thioether (sulfide) groups is 1. The highest BCUT2D eigenvalue weighted by molar-refractivity contribution is 8.00.